The molecule has 23 heavy (non-hydrogen) atoms. The molecule has 6 heteroatoms. The molecular formula is C17H27ClN2O3. The largest absolute Gasteiger partial charge is 0.493 e. The maximum atomic E-state index is 12.5. The fraction of sp³-hybridized carbons (Fsp3) is 0.588. The first kappa shape index (κ1) is 19.6. The van der Waals surface area contributed by atoms with Crippen LogP contribution in [0.3, 0.4) is 0 Å². The van der Waals surface area contributed by atoms with Crippen LogP contribution in [0, 0.1) is 11.8 Å². The van der Waals surface area contributed by atoms with Crippen molar-refractivity contribution < 1.29 is 14.3 Å². The second-order valence-electron chi connectivity index (χ2n) is 6.21. The number of likely N-dealkylation sites (tertiary alicyclic amines) is 1. The molecule has 1 fully saturated rings. The summed E-state index contributed by atoms with van der Waals surface area (Å²) in [7, 11) is 1.59. The molecule has 0 aliphatic carbocycles. The molecule has 1 aliphatic heterocycles. The number of nitrogens with zero attached hydrogens (tertiary/aromatic N) is 1. The molecule has 130 valence electrons. The molecule has 1 saturated heterocycles. The highest BCUT2D eigenvalue weighted by molar-refractivity contribution is 5.95. The molecule has 1 amide bonds. The molecule has 0 radical (unpaired) electrons. The molecule has 0 aromatic heterocycles. The van der Waals surface area contributed by atoms with Crippen molar-refractivity contribution >= 4 is 18.3 Å². The zero-order valence-corrected chi connectivity index (χ0v) is 14.9. The summed E-state index contributed by atoms with van der Waals surface area (Å²) in [5.41, 5.74) is 6.31. The summed E-state index contributed by atoms with van der Waals surface area (Å²) in [6, 6.07) is 5.37. The van der Waals surface area contributed by atoms with Gasteiger partial charge >= 0.3 is 0 Å². The molecule has 1 aromatic rings. The lowest BCUT2D eigenvalue weighted by Crippen LogP contribution is -2.29. The molecule has 0 spiro atoms. The van der Waals surface area contributed by atoms with Gasteiger partial charge in [-0.15, -0.1) is 12.4 Å². The number of methoxy groups -OCH3 is 1. The van der Waals surface area contributed by atoms with Crippen LogP contribution in [0.1, 0.15) is 30.6 Å². The highest BCUT2D eigenvalue weighted by Gasteiger charge is 2.26. The minimum atomic E-state index is 0. The quantitative estimate of drug-likeness (QED) is 0.863. The first-order valence-corrected chi connectivity index (χ1v) is 7.85. The number of amides is 1. The first-order chi connectivity index (χ1) is 10.5. The number of hydrogen-bond donors (Lipinski definition) is 1. The van der Waals surface area contributed by atoms with Crippen LogP contribution in [0.25, 0.3) is 0 Å². The molecule has 0 bridgehead atoms. The number of hydrogen-bond acceptors (Lipinski definition) is 4. The Bertz CT molecular complexity index is 523. The average Bonchev–Trinajstić information content (AvgIpc) is 3.01. The van der Waals surface area contributed by atoms with Crippen LogP contribution in [-0.2, 0) is 0 Å². The highest BCUT2D eigenvalue weighted by Crippen LogP contribution is 2.29. The molecule has 1 atom stereocenters. The molecule has 1 heterocycles. The summed E-state index contributed by atoms with van der Waals surface area (Å²) in [5, 5.41) is 0. The van der Waals surface area contributed by atoms with E-state index >= 15 is 0 Å². The Kier molecular flexibility index (Phi) is 7.65. The van der Waals surface area contributed by atoms with E-state index in [1.807, 2.05) is 11.0 Å². The van der Waals surface area contributed by atoms with Crippen molar-refractivity contribution in [3.05, 3.63) is 23.8 Å². The minimum Gasteiger partial charge on any atom is -0.493 e. The Labute approximate surface area is 144 Å². The van der Waals surface area contributed by atoms with Gasteiger partial charge < -0.3 is 20.1 Å². The first-order valence-electron chi connectivity index (χ1n) is 7.85. The number of carbonyl (C=O) groups excluding carboxylic acids is 1. The monoisotopic (exact) mass is 342 g/mol. The van der Waals surface area contributed by atoms with E-state index in [1.165, 1.54) is 0 Å². The topological polar surface area (TPSA) is 64.8 Å². The van der Waals surface area contributed by atoms with Crippen LogP contribution in [-0.4, -0.2) is 44.2 Å². The molecule has 2 N–H and O–H groups in total. The fourth-order valence-electron chi connectivity index (χ4n) is 2.57. The van der Waals surface area contributed by atoms with E-state index < -0.39 is 0 Å². The summed E-state index contributed by atoms with van der Waals surface area (Å²) in [4.78, 5) is 14.4. The third-order valence-corrected chi connectivity index (χ3v) is 3.89. The Morgan fingerprint density at radius 1 is 1.39 bits per heavy atom. The molecule has 5 nitrogen and oxygen atoms in total. The van der Waals surface area contributed by atoms with Crippen molar-refractivity contribution in [2.75, 3.05) is 33.4 Å². The van der Waals surface area contributed by atoms with Crippen LogP contribution in [0.15, 0.2) is 18.2 Å². The Hall–Kier alpha value is -1.46. The zero-order valence-electron chi connectivity index (χ0n) is 14.1. The Balaban J connectivity index is 0.00000264. The SMILES string of the molecule is COc1cc(C(=O)N2CCC(CN)C2)ccc1OCC(C)C.Cl. The van der Waals surface area contributed by atoms with E-state index in [1.54, 1.807) is 19.2 Å². The molecule has 0 saturated carbocycles. The second-order valence-corrected chi connectivity index (χ2v) is 6.21. The lowest BCUT2D eigenvalue weighted by molar-refractivity contribution is 0.0787. The number of carbonyl (C=O) groups is 1. The van der Waals surface area contributed by atoms with Crippen molar-refractivity contribution in [2.24, 2.45) is 17.6 Å². The molecular weight excluding hydrogens is 316 g/mol. The normalized spacial score (nSPS) is 17.1. The van der Waals surface area contributed by atoms with Crippen LogP contribution >= 0.6 is 12.4 Å². The predicted molar refractivity (Wildman–Crippen MR) is 93.6 cm³/mol. The van der Waals surface area contributed by atoms with E-state index in [0.717, 1.165) is 19.5 Å². The number of nitrogens with two attached hydrogens (primary N) is 1. The van der Waals surface area contributed by atoms with E-state index in [4.69, 9.17) is 15.2 Å². The van der Waals surface area contributed by atoms with Gasteiger partial charge in [-0.25, -0.2) is 0 Å². The van der Waals surface area contributed by atoms with E-state index in [-0.39, 0.29) is 18.3 Å². The summed E-state index contributed by atoms with van der Waals surface area (Å²) in [5.74, 6) is 2.16. The lowest BCUT2D eigenvalue weighted by atomic mass is 10.1. The Morgan fingerprint density at radius 3 is 2.70 bits per heavy atom. The van der Waals surface area contributed by atoms with Crippen LogP contribution < -0.4 is 15.2 Å². The number of ether oxygens (including phenoxy) is 2. The van der Waals surface area contributed by atoms with Crippen LogP contribution in [0.2, 0.25) is 0 Å². The van der Waals surface area contributed by atoms with Crippen molar-refractivity contribution in [3.8, 4) is 11.5 Å². The second kappa shape index (κ2) is 8.99. The van der Waals surface area contributed by atoms with E-state index in [9.17, 15) is 4.79 Å². The Morgan fingerprint density at radius 2 is 2.13 bits per heavy atom. The maximum Gasteiger partial charge on any atom is 0.254 e. The third kappa shape index (κ3) is 5.01. The van der Waals surface area contributed by atoms with Gasteiger partial charge in [-0.3, -0.25) is 4.79 Å². The van der Waals surface area contributed by atoms with Gasteiger partial charge in [0.05, 0.1) is 13.7 Å². The van der Waals surface area contributed by atoms with E-state index in [0.29, 0.717) is 42.0 Å². The van der Waals surface area contributed by atoms with Crippen molar-refractivity contribution in [2.45, 2.75) is 20.3 Å². The average molecular weight is 343 g/mol. The van der Waals surface area contributed by atoms with Gasteiger partial charge in [0.15, 0.2) is 11.5 Å². The van der Waals surface area contributed by atoms with Gasteiger partial charge in [0.25, 0.3) is 5.91 Å². The van der Waals surface area contributed by atoms with Crippen LogP contribution in [0.5, 0.6) is 11.5 Å². The van der Waals surface area contributed by atoms with Crippen molar-refractivity contribution in [3.63, 3.8) is 0 Å². The highest BCUT2D eigenvalue weighted by atomic mass is 35.5. The summed E-state index contributed by atoms with van der Waals surface area (Å²) < 4.78 is 11.1. The molecule has 1 aromatic carbocycles. The molecule has 1 unspecified atom stereocenters. The van der Waals surface area contributed by atoms with Crippen LogP contribution in [0.4, 0.5) is 0 Å². The van der Waals surface area contributed by atoms with Gasteiger partial charge in [0, 0.05) is 18.7 Å². The van der Waals surface area contributed by atoms with Crippen molar-refractivity contribution in [1.29, 1.82) is 0 Å². The fourth-order valence-corrected chi connectivity index (χ4v) is 2.57. The maximum absolute atomic E-state index is 12.5. The van der Waals surface area contributed by atoms with Gasteiger partial charge in [0.1, 0.15) is 0 Å². The predicted octanol–water partition coefficient (Wildman–Crippen LogP) is 2.57. The number of rotatable bonds is 6. The standard InChI is InChI=1S/C17H26N2O3.ClH/c1-12(2)11-22-15-5-4-14(8-16(15)21-3)17(20)19-7-6-13(9-18)10-19;/h4-5,8,12-13H,6-7,9-11,18H2,1-3H3;1H. The van der Waals surface area contributed by atoms with Gasteiger partial charge in [-0.1, -0.05) is 13.8 Å². The van der Waals surface area contributed by atoms with Gasteiger partial charge in [-0.2, -0.15) is 0 Å². The molecule has 1 aliphatic rings. The number of halogens is 1. The summed E-state index contributed by atoms with van der Waals surface area (Å²) in [6.07, 6.45) is 0.981. The van der Waals surface area contributed by atoms with Gasteiger partial charge in [0.2, 0.25) is 0 Å². The third-order valence-electron chi connectivity index (χ3n) is 3.89. The summed E-state index contributed by atoms with van der Waals surface area (Å²) >= 11 is 0. The van der Waals surface area contributed by atoms with E-state index in [2.05, 4.69) is 13.8 Å². The zero-order chi connectivity index (χ0) is 16.1. The minimum absolute atomic E-state index is 0. The molecule has 2 rings (SSSR count). The smallest absolute Gasteiger partial charge is 0.254 e. The summed E-state index contributed by atoms with van der Waals surface area (Å²) in [6.45, 7) is 6.94. The lowest BCUT2D eigenvalue weighted by Gasteiger charge is -2.18. The van der Waals surface area contributed by atoms with Crippen molar-refractivity contribution in [1.82, 2.24) is 4.90 Å². The number of benzene rings is 1. The van der Waals surface area contributed by atoms with Gasteiger partial charge in [-0.05, 0) is 43.0 Å².